The zero-order valence-electron chi connectivity index (χ0n) is 15.0. The topological polar surface area (TPSA) is 66.3 Å². The van der Waals surface area contributed by atoms with Crippen LogP contribution in [0.3, 0.4) is 0 Å². The molecule has 0 saturated heterocycles. The van der Waals surface area contributed by atoms with Gasteiger partial charge in [-0.25, -0.2) is 0 Å². The number of hydrogen-bond donors (Lipinski definition) is 1. The fraction of sp³-hybridized carbons (Fsp3) is 0.500. The Balaban J connectivity index is 1.51. The predicted octanol–water partition coefficient (Wildman–Crippen LogP) is 3.83. The van der Waals surface area contributed by atoms with Crippen LogP contribution in [0.4, 0.5) is 0 Å². The van der Waals surface area contributed by atoms with Gasteiger partial charge in [-0.15, -0.1) is 0 Å². The van der Waals surface area contributed by atoms with Crippen molar-refractivity contribution in [2.24, 2.45) is 5.92 Å². The molecule has 2 aromatic rings. The molecule has 5 nitrogen and oxygen atoms in total. The van der Waals surface area contributed by atoms with E-state index in [0.29, 0.717) is 30.5 Å². The Labute approximate surface area is 147 Å². The van der Waals surface area contributed by atoms with Crippen LogP contribution in [0, 0.1) is 12.8 Å². The van der Waals surface area contributed by atoms with Crippen LogP contribution in [-0.4, -0.2) is 28.6 Å². The van der Waals surface area contributed by atoms with E-state index < -0.39 is 0 Å². The van der Waals surface area contributed by atoms with Crippen LogP contribution in [0.2, 0.25) is 0 Å². The standard InChI is InChI=1S/C20H24N2O3/c1-11-9-14(11)17-8-7-13(25-17)10-22(3)20(24)19-12(2)18-15(21-19)5-4-6-16(18)23/h7-8,11,14,21H,4-6,9-10H2,1-3H3/t11-,14-/m1/s1. The van der Waals surface area contributed by atoms with Gasteiger partial charge in [-0.3, -0.25) is 9.59 Å². The van der Waals surface area contributed by atoms with Gasteiger partial charge >= 0.3 is 0 Å². The third-order valence-corrected chi connectivity index (χ3v) is 5.55. The number of hydrogen-bond acceptors (Lipinski definition) is 3. The van der Waals surface area contributed by atoms with E-state index in [2.05, 4.69) is 11.9 Å². The maximum Gasteiger partial charge on any atom is 0.270 e. The molecule has 1 fully saturated rings. The number of amides is 1. The number of aryl methyl sites for hydroxylation is 1. The van der Waals surface area contributed by atoms with Crippen LogP contribution in [0.1, 0.15) is 75.7 Å². The molecule has 4 rings (SSSR count). The van der Waals surface area contributed by atoms with E-state index in [0.717, 1.165) is 41.2 Å². The van der Waals surface area contributed by atoms with Crippen LogP contribution in [-0.2, 0) is 13.0 Å². The van der Waals surface area contributed by atoms with E-state index in [4.69, 9.17) is 4.42 Å². The smallest absolute Gasteiger partial charge is 0.270 e. The van der Waals surface area contributed by atoms with Crippen LogP contribution in [0.15, 0.2) is 16.5 Å². The van der Waals surface area contributed by atoms with Crippen molar-refractivity contribution in [3.63, 3.8) is 0 Å². The van der Waals surface area contributed by atoms with Crippen LogP contribution in [0.5, 0.6) is 0 Å². The number of fused-ring (bicyclic) bond motifs is 1. The Hall–Kier alpha value is -2.30. The summed E-state index contributed by atoms with van der Waals surface area (Å²) in [6, 6.07) is 3.99. The number of aromatic amines is 1. The molecular weight excluding hydrogens is 316 g/mol. The summed E-state index contributed by atoms with van der Waals surface area (Å²) >= 11 is 0. The van der Waals surface area contributed by atoms with E-state index in [1.54, 1.807) is 11.9 Å². The second-order valence-electron chi connectivity index (χ2n) is 7.54. The molecule has 1 amide bonds. The molecule has 25 heavy (non-hydrogen) atoms. The Morgan fingerprint density at radius 1 is 1.36 bits per heavy atom. The first kappa shape index (κ1) is 16.2. The molecule has 0 aliphatic heterocycles. The molecule has 0 spiro atoms. The Bertz CT molecular complexity index is 845. The summed E-state index contributed by atoms with van der Waals surface area (Å²) < 4.78 is 5.91. The van der Waals surface area contributed by atoms with Gasteiger partial charge in [-0.2, -0.15) is 0 Å². The second-order valence-corrected chi connectivity index (χ2v) is 7.54. The largest absolute Gasteiger partial charge is 0.464 e. The first-order valence-corrected chi connectivity index (χ1v) is 9.04. The molecule has 0 aromatic carbocycles. The Morgan fingerprint density at radius 3 is 2.80 bits per heavy atom. The molecule has 132 valence electrons. The summed E-state index contributed by atoms with van der Waals surface area (Å²) in [5.74, 6) is 3.11. The average molecular weight is 340 g/mol. The maximum absolute atomic E-state index is 12.8. The van der Waals surface area contributed by atoms with Crippen LogP contribution in [0.25, 0.3) is 0 Å². The van der Waals surface area contributed by atoms with Crippen molar-refractivity contribution in [2.45, 2.75) is 52.0 Å². The highest BCUT2D eigenvalue weighted by molar-refractivity contribution is 6.04. The van der Waals surface area contributed by atoms with Gasteiger partial charge in [0.25, 0.3) is 5.91 Å². The zero-order valence-corrected chi connectivity index (χ0v) is 15.0. The molecule has 2 aliphatic rings. The molecule has 0 unspecified atom stereocenters. The summed E-state index contributed by atoms with van der Waals surface area (Å²) in [4.78, 5) is 29.8. The summed E-state index contributed by atoms with van der Waals surface area (Å²) in [6.45, 7) is 4.51. The Morgan fingerprint density at radius 2 is 2.12 bits per heavy atom. The van der Waals surface area contributed by atoms with Crippen molar-refractivity contribution in [2.75, 3.05) is 7.05 Å². The lowest BCUT2D eigenvalue weighted by molar-refractivity contribution is 0.0768. The lowest BCUT2D eigenvalue weighted by atomic mass is 9.94. The summed E-state index contributed by atoms with van der Waals surface area (Å²) in [6.07, 6.45) is 3.44. The van der Waals surface area contributed by atoms with Crippen LogP contribution < -0.4 is 0 Å². The number of furan rings is 1. The van der Waals surface area contributed by atoms with Gasteiger partial charge < -0.3 is 14.3 Å². The minimum absolute atomic E-state index is 0.0996. The maximum atomic E-state index is 12.8. The van der Waals surface area contributed by atoms with Crippen molar-refractivity contribution in [1.82, 2.24) is 9.88 Å². The minimum Gasteiger partial charge on any atom is -0.464 e. The van der Waals surface area contributed by atoms with Gasteiger partial charge in [0.1, 0.15) is 17.2 Å². The average Bonchev–Trinajstić information content (AvgIpc) is 2.99. The molecule has 0 bridgehead atoms. The molecule has 0 radical (unpaired) electrons. The van der Waals surface area contributed by atoms with Gasteiger partial charge in [0.15, 0.2) is 5.78 Å². The van der Waals surface area contributed by atoms with E-state index >= 15 is 0 Å². The van der Waals surface area contributed by atoms with Crippen molar-refractivity contribution < 1.29 is 14.0 Å². The number of nitrogens with one attached hydrogen (secondary N) is 1. The van der Waals surface area contributed by atoms with Gasteiger partial charge in [0, 0.05) is 30.6 Å². The lowest BCUT2D eigenvalue weighted by Gasteiger charge is -2.15. The normalized spacial score (nSPS) is 22.0. The van der Waals surface area contributed by atoms with Gasteiger partial charge in [-0.1, -0.05) is 6.92 Å². The van der Waals surface area contributed by atoms with Gasteiger partial charge in [-0.05, 0) is 49.8 Å². The highest BCUT2D eigenvalue weighted by Crippen LogP contribution is 2.47. The lowest BCUT2D eigenvalue weighted by Crippen LogP contribution is -2.27. The van der Waals surface area contributed by atoms with E-state index in [9.17, 15) is 9.59 Å². The first-order valence-electron chi connectivity index (χ1n) is 9.04. The summed E-state index contributed by atoms with van der Waals surface area (Å²) in [5.41, 5.74) is 2.95. The molecule has 1 N–H and O–H groups in total. The van der Waals surface area contributed by atoms with E-state index in [-0.39, 0.29) is 11.7 Å². The third kappa shape index (κ3) is 2.81. The number of carbonyl (C=O) groups is 2. The number of rotatable bonds is 4. The molecule has 2 heterocycles. The monoisotopic (exact) mass is 340 g/mol. The number of carbonyl (C=O) groups excluding carboxylic acids is 2. The van der Waals surface area contributed by atoms with Crippen molar-refractivity contribution in [1.29, 1.82) is 0 Å². The highest BCUT2D eigenvalue weighted by Gasteiger charge is 2.36. The summed E-state index contributed by atoms with van der Waals surface area (Å²) in [5, 5.41) is 0. The van der Waals surface area contributed by atoms with Crippen molar-refractivity contribution in [3.05, 3.63) is 46.2 Å². The number of aromatic nitrogens is 1. The molecule has 5 heteroatoms. The number of Topliss-reactive ketones (excluding diaryl/α,β-unsaturated/α-hetero) is 1. The number of nitrogens with zero attached hydrogens (tertiary/aromatic N) is 1. The van der Waals surface area contributed by atoms with Gasteiger partial charge in [0.05, 0.1) is 6.54 Å². The minimum atomic E-state index is -0.0996. The molecular formula is C20H24N2O3. The van der Waals surface area contributed by atoms with E-state index in [1.165, 1.54) is 6.42 Å². The van der Waals surface area contributed by atoms with E-state index in [1.807, 2.05) is 19.1 Å². The second kappa shape index (κ2) is 5.90. The zero-order chi connectivity index (χ0) is 17.7. The number of ketones is 1. The third-order valence-electron chi connectivity index (χ3n) is 5.55. The Kier molecular flexibility index (Phi) is 3.82. The molecule has 1 saturated carbocycles. The highest BCUT2D eigenvalue weighted by atomic mass is 16.3. The fourth-order valence-corrected chi connectivity index (χ4v) is 3.88. The van der Waals surface area contributed by atoms with Crippen molar-refractivity contribution >= 4 is 11.7 Å². The predicted molar refractivity (Wildman–Crippen MR) is 93.8 cm³/mol. The van der Waals surface area contributed by atoms with Gasteiger partial charge in [0.2, 0.25) is 0 Å². The quantitative estimate of drug-likeness (QED) is 0.920. The van der Waals surface area contributed by atoms with Crippen LogP contribution >= 0.6 is 0 Å². The first-order chi connectivity index (χ1) is 12.0. The SMILES string of the molecule is Cc1c(C(=O)N(C)Cc2ccc([C@@H]3C[C@H]3C)o2)[nH]c2c1C(=O)CCC2. The fourth-order valence-electron chi connectivity index (χ4n) is 3.88. The number of H-pyrrole nitrogens is 1. The summed E-state index contributed by atoms with van der Waals surface area (Å²) in [7, 11) is 1.77. The van der Waals surface area contributed by atoms with Crippen molar-refractivity contribution in [3.8, 4) is 0 Å². The molecule has 2 atom stereocenters. The molecule has 2 aliphatic carbocycles. The molecule has 2 aromatic heterocycles.